The van der Waals surface area contributed by atoms with Crippen molar-refractivity contribution in [2.45, 2.75) is 25.9 Å². The number of fused-ring (bicyclic) bond motifs is 1. The second-order valence-corrected chi connectivity index (χ2v) is 8.03. The summed E-state index contributed by atoms with van der Waals surface area (Å²) in [5, 5.41) is 3.19. The van der Waals surface area contributed by atoms with Crippen molar-refractivity contribution in [2.24, 2.45) is 0 Å². The van der Waals surface area contributed by atoms with Crippen LogP contribution in [0.3, 0.4) is 0 Å². The van der Waals surface area contributed by atoms with Gasteiger partial charge in [-0.2, -0.15) is 0 Å². The van der Waals surface area contributed by atoms with Gasteiger partial charge in [-0.15, -0.1) is 0 Å². The molecule has 0 bridgehead atoms. The van der Waals surface area contributed by atoms with Crippen molar-refractivity contribution in [1.82, 2.24) is 5.32 Å². The van der Waals surface area contributed by atoms with E-state index in [-0.39, 0.29) is 18.9 Å². The average molecular weight is 391 g/mol. The van der Waals surface area contributed by atoms with E-state index >= 15 is 0 Å². The van der Waals surface area contributed by atoms with E-state index in [1.807, 2.05) is 6.92 Å². The Morgan fingerprint density at radius 1 is 1.48 bits per heavy atom. The van der Waals surface area contributed by atoms with Gasteiger partial charge in [-0.05, 0) is 31.5 Å². The minimum Gasteiger partial charge on any atom is -0.478 e. The summed E-state index contributed by atoms with van der Waals surface area (Å²) in [7, 11) is -3.51. The van der Waals surface area contributed by atoms with Gasteiger partial charge in [0.05, 0.1) is 11.9 Å². The molecule has 140 valence electrons. The normalized spacial score (nSPS) is 17.4. The first kappa shape index (κ1) is 19.8. The van der Waals surface area contributed by atoms with Crippen LogP contribution in [0.1, 0.15) is 19.8 Å². The summed E-state index contributed by atoms with van der Waals surface area (Å²) in [5.41, 5.74) is 0.349. The lowest BCUT2D eigenvalue weighted by molar-refractivity contribution is -0.128. The lowest BCUT2D eigenvalue weighted by Crippen LogP contribution is -2.40. The van der Waals surface area contributed by atoms with Gasteiger partial charge >= 0.3 is 0 Å². The first-order valence-corrected chi connectivity index (χ1v) is 10.3. The molecule has 1 unspecified atom stereocenters. The number of hydrogen-bond donors (Lipinski definition) is 1. The maximum Gasteiger partial charge on any atom is 0.261 e. The maximum absolute atomic E-state index is 12.3. The van der Waals surface area contributed by atoms with Gasteiger partial charge in [0.2, 0.25) is 10.0 Å². The third-order valence-electron chi connectivity index (χ3n) is 3.71. The molecule has 0 aliphatic carbocycles. The number of nitrogens with one attached hydrogen (secondary N) is 1. The molecule has 2 rings (SSSR count). The molecule has 7 nitrogen and oxygen atoms in total. The van der Waals surface area contributed by atoms with Gasteiger partial charge in [-0.3, -0.25) is 9.10 Å². The Kier molecular flexibility index (Phi) is 6.92. The van der Waals surface area contributed by atoms with Gasteiger partial charge < -0.3 is 14.8 Å². The van der Waals surface area contributed by atoms with Crippen LogP contribution in [0, 0.1) is 0 Å². The molecule has 0 aromatic heterocycles. The Hall–Kier alpha value is -1.51. The molecule has 0 spiro atoms. The summed E-state index contributed by atoms with van der Waals surface area (Å²) < 4.78 is 36.4. The van der Waals surface area contributed by atoms with Crippen molar-refractivity contribution in [3.8, 4) is 5.75 Å². The average Bonchev–Trinajstić information content (AvgIpc) is 2.73. The molecular formula is C16H23ClN2O5S. The molecule has 25 heavy (non-hydrogen) atoms. The molecule has 1 N–H and O–H groups in total. The van der Waals surface area contributed by atoms with Crippen molar-refractivity contribution in [3.63, 3.8) is 0 Å². The zero-order chi connectivity index (χ0) is 18.4. The first-order chi connectivity index (χ1) is 11.8. The molecule has 0 radical (unpaired) electrons. The quantitative estimate of drug-likeness (QED) is 0.717. The number of ether oxygens (including phenoxy) is 2. The minimum absolute atomic E-state index is 0.142. The second-order valence-electron chi connectivity index (χ2n) is 5.68. The fourth-order valence-electron chi connectivity index (χ4n) is 2.53. The minimum atomic E-state index is -3.51. The highest BCUT2D eigenvalue weighted by atomic mass is 35.5. The van der Waals surface area contributed by atoms with E-state index in [4.69, 9.17) is 21.1 Å². The highest BCUT2D eigenvalue weighted by Crippen LogP contribution is 2.36. The van der Waals surface area contributed by atoms with Crippen LogP contribution in [0.4, 0.5) is 5.69 Å². The van der Waals surface area contributed by atoms with Gasteiger partial charge in [-0.1, -0.05) is 11.6 Å². The SMILES string of the molecule is CCOCCCNC(=O)C1CCN(S(C)(=O)=O)c2cc(Cl)ccc2O1. The fraction of sp³-hybridized carbons (Fsp3) is 0.562. The number of rotatable bonds is 7. The smallest absolute Gasteiger partial charge is 0.261 e. The molecule has 1 heterocycles. The molecule has 1 aromatic rings. The lowest BCUT2D eigenvalue weighted by Gasteiger charge is -2.21. The summed E-state index contributed by atoms with van der Waals surface area (Å²) in [5.74, 6) is 0.0505. The monoisotopic (exact) mass is 390 g/mol. The molecular weight excluding hydrogens is 368 g/mol. The highest BCUT2D eigenvalue weighted by molar-refractivity contribution is 7.92. The van der Waals surface area contributed by atoms with Crippen LogP contribution in [-0.4, -0.2) is 53.0 Å². The number of sulfonamides is 1. The van der Waals surface area contributed by atoms with Crippen LogP contribution < -0.4 is 14.4 Å². The Morgan fingerprint density at radius 2 is 2.24 bits per heavy atom. The largest absolute Gasteiger partial charge is 0.478 e. The molecule has 0 fully saturated rings. The number of amides is 1. The Balaban J connectivity index is 2.10. The van der Waals surface area contributed by atoms with E-state index in [0.717, 1.165) is 6.26 Å². The maximum atomic E-state index is 12.3. The lowest BCUT2D eigenvalue weighted by atomic mass is 10.2. The molecule has 9 heteroatoms. The number of benzene rings is 1. The third-order valence-corrected chi connectivity index (χ3v) is 5.13. The number of carbonyl (C=O) groups is 1. The predicted octanol–water partition coefficient (Wildman–Crippen LogP) is 1.80. The summed E-state index contributed by atoms with van der Waals surface area (Å²) in [4.78, 5) is 12.3. The van der Waals surface area contributed by atoms with Crippen LogP contribution in [-0.2, 0) is 19.6 Å². The molecule has 0 saturated heterocycles. The summed E-state index contributed by atoms with van der Waals surface area (Å²) in [6, 6.07) is 4.71. The summed E-state index contributed by atoms with van der Waals surface area (Å²) >= 11 is 5.99. The predicted molar refractivity (Wildman–Crippen MR) is 96.8 cm³/mol. The number of hydrogen-bond acceptors (Lipinski definition) is 5. The van der Waals surface area contributed by atoms with E-state index in [1.165, 1.54) is 10.4 Å². The number of carbonyl (C=O) groups excluding carboxylic acids is 1. The van der Waals surface area contributed by atoms with Gasteiger partial charge in [0, 0.05) is 37.7 Å². The molecule has 0 saturated carbocycles. The van der Waals surface area contributed by atoms with Crippen molar-refractivity contribution in [1.29, 1.82) is 0 Å². The first-order valence-electron chi connectivity index (χ1n) is 8.12. The van der Waals surface area contributed by atoms with Crippen LogP contribution in [0.2, 0.25) is 5.02 Å². The van der Waals surface area contributed by atoms with Crippen molar-refractivity contribution < 1.29 is 22.7 Å². The Labute approximate surface area is 153 Å². The molecule has 1 atom stereocenters. The zero-order valence-electron chi connectivity index (χ0n) is 14.3. The third kappa shape index (κ3) is 5.49. The second kappa shape index (κ2) is 8.73. The molecule has 1 aliphatic rings. The summed E-state index contributed by atoms with van der Waals surface area (Å²) in [6.45, 7) is 3.74. The van der Waals surface area contributed by atoms with Gasteiger partial charge in [0.25, 0.3) is 5.91 Å². The number of anilines is 1. The van der Waals surface area contributed by atoms with Crippen molar-refractivity contribution in [2.75, 3.05) is 36.9 Å². The molecule has 1 amide bonds. The van der Waals surface area contributed by atoms with Crippen LogP contribution in [0.15, 0.2) is 18.2 Å². The standard InChI is InChI=1S/C16H23ClN2O5S/c1-3-23-10-4-8-18-16(20)15-7-9-19(25(2,21)22)13-11-12(17)5-6-14(13)24-15/h5-6,11,15H,3-4,7-10H2,1-2H3,(H,18,20). The van der Waals surface area contributed by atoms with Crippen LogP contribution in [0.5, 0.6) is 5.75 Å². The van der Waals surface area contributed by atoms with Crippen molar-refractivity contribution >= 4 is 33.2 Å². The van der Waals surface area contributed by atoms with E-state index in [2.05, 4.69) is 5.32 Å². The Morgan fingerprint density at radius 3 is 2.92 bits per heavy atom. The summed E-state index contributed by atoms with van der Waals surface area (Å²) in [6.07, 6.45) is 1.30. The molecule has 1 aliphatic heterocycles. The van der Waals surface area contributed by atoms with Gasteiger partial charge in [0.1, 0.15) is 5.75 Å². The zero-order valence-corrected chi connectivity index (χ0v) is 15.9. The van der Waals surface area contributed by atoms with E-state index < -0.39 is 16.1 Å². The van der Waals surface area contributed by atoms with Gasteiger partial charge in [0.15, 0.2) is 6.10 Å². The van der Waals surface area contributed by atoms with E-state index in [0.29, 0.717) is 42.6 Å². The number of nitrogens with zero attached hydrogens (tertiary/aromatic N) is 1. The van der Waals surface area contributed by atoms with Gasteiger partial charge in [-0.25, -0.2) is 8.42 Å². The van der Waals surface area contributed by atoms with E-state index in [1.54, 1.807) is 12.1 Å². The Bertz CT molecular complexity index is 710. The van der Waals surface area contributed by atoms with Crippen molar-refractivity contribution in [3.05, 3.63) is 23.2 Å². The fourth-order valence-corrected chi connectivity index (χ4v) is 3.63. The highest BCUT2D eigenvalue weighted by Gasteiger charge is 2.31. The number of halogens is 1. The van der Waals surface area contributed by atoms with E-state index in [9.17, 15) is 13.2 Å². The topological polar surface area (TPSA) is 84.9 Å². The van der Waals surface area contributed by atoms with Crippen LogP contribution in [0.25, 0.3) is 0 Å². The molecule has 1 aromatic carbocycles. The van der Waals surface area contributed by atoms with Crippen LogP contribution >= 0.6 is 11.6 Å².